The van der Waals surface area contributed by atoms with E-state index in [-0.39, 0.29) is 16.8 Å². The molecule has 3 aliphatic heterocycles. The second kappa shape index (κ2) is 6.21. The summed E-state index contributed by atoms with van der Waals surface area (Å²) in [4.78, 5) is 15.7. The molecular weight excluding hydrogens is 364 g/mol. The van der Waals surface area contributed by atoms with Crippen molar-refractivity contribution >= 4 is 15.7 Å². The van der Waals surface area contributed by atoms with Gasteiger partial charge >= 0.3 is 0 Å². The van der Waals surface area contributed by atoms with E-state index in [1.807, 2.05) is 13.8 Å². The van der Waals surface area contributed by atoms with E-state index in [4.69, 9.17) is 4.74 Å². The smallest absolute Gasteiger partial charge is 0.255 e. The maximum Gasteiger partial charge on any atom is 0.255 e. The van der Waals surface area contributed by atoms with E-state index >= 15 is 0 Å². The van der Waals surface area contributed by atoms with Gasteiger partial charge in [-0.1, -0.05) is 0 Å². The van der Waals surface area contributed by atoms with Crippen molar-refractivity contribution < 1.29 is 17.9 Å². The van der Waals surface area contributed by atoms with Gasteiger partial charge in [0.05, 0.1) is 10.5 Å². The van der Waals surface area contributed by atoms with Crippen LogP contribution in [0.15, 0.2) is 17.0 Å². The third-order valence-corrected chi connectivity index (χ3v) is 7.33. The molecule has 2 saturated heterocycles. The second-order valence-corrected chi connectivity index (χ2v) is 11.0. The molecule has 2 bridgehead atoms. The Labute approximate surface area is 161 Å². The lowest BCUT2D eigenvalue weighted by Crippen LogP contribution is -2.48. The van der Waals surface area contributed by atoms with Gasteiger partial charge in [0.15, 0.2) is 9.84 Å². The summed E-state index contributed by atoms with van der Waals surface area (Å²) in [5, 5.41) is 3.15. The van der Waals surface area contributed by atoms with Crippen molar-refractivity contribution in [1.29, 1.82) is 0 Å². The van der Waals surface area contributed by atoms with Crippen LogP contribution < -0.4 is 10.1 Å². The van der Waals surface area contributed by atoms with E-state index in [9.17, 15) is 13.2 Å². The zero-order valence-electron chi connectivity index (χ0n) is 16.4. The molecule has 27 heavy (non-hydrogen) atoms. The van der Waals surface area contributed by atoms with Crippen LogP contribution in [0.2, 0.25) is 0 Å². The van der Waals surface area contributed by atoms with Gasteiger partial charge in [-0.3, -0.25) is 4.79 Å². The zero-order chi connectivity index (χ0) is 19.6. The number of amides is 1. The van der Waals surface area contributed by atoms with Gasteiger partial charge in [0.2, 0.25) is 0 Å². The third-order valence-electron chi connectivity index (χ3n) is 6.24. The number of hydrogen-bond acceptors (Lipinski definition) is 5. The summed E-state index contributed by atoms with van der Waals surface area (Å²) in [7, 11) is -1.24. The van der Waals surface area contributed by atoms with Gasteiger partial charge in [0.25, 0.3) is 5.91 Å². The average molecular weight is 393 g/mol. The summed E-state index contributed by atoms with van der Waals surface area (Å²) in [6.07, 6.45) is 6.02. The van der Waals surface area contributed by atoms with Gasteiger partial charge in [-0.2, -0.15) is 0 Å². The molecule has 1 aromatic carbocycles. The Kier molecular flexibility index (Phi) is 4.31. The van der Waals surface area contributed by atoms with E-state index in [0.29, 0.717) is 29.8 Å². The number of benzene rings is 1. The lowest BCUT2D eigenvalue weighted by molar-refractivity contribution is 0.0870. The standard InChI is InChI=1S/C20H28N2O4S/c1-20(2)11-12-7-16(27(4,24)25)10-17(18(12)26-20)19(23)21-13-8-14-5-6-15(9-13)22(14)3/h7,10,13-15H,5-6,8-9,11H2,1-4H3,(H,21,23). The van der Waals surface area contributed by atoms with Crippen molar-refractivity contribution in [2.75, 3.05) is 13.3 Å². The minimum absolute atomic E-state index is 0.123. The zero-order valence-corrected chi connectivity index (χ0v) is 17.2. The third kappa shape index (κ3) is 3.47. The van der Waals surface area contributed by atoms with E-state index < -0.39 is 15.4 Å². The summed E-state index contributed by atoms with van der Waals surface area (Å²) < 4.78 is 30.2. The molecule has 2 fully saturated rings. The average Bonchev–Trinajstić information content (AvgIpc) is 2.95. The Morgan fingerprint density at radius 3 is 2.44 bits per heavy atom. The number of rotatable bonds is 3. The molecule has 1 aromatic rings. The molecule has 148 valence electrons. The minimum Gasteiger partial charge on any atom is -0.486 e. The Balaban J connectivity index is 1.63. The fourth-order valence-electron chi connectivity index (χ4n) is 4.86. The maximum atomic E-state index is 13.1. The molecule has 3 heterocycles. The van der Waals surface area contributed by atoms with Crippen LogP contribution in [-0.2, 0) is 16.3 Å². The normalized spacial score (nSPS) is 29.3. The van der Waals surface area contributed by atoms with Gasteiger partial charge in [0.1, 0.15) is 11.4 Å². The van der Waals surface area contributed by atoms with E-state index in [0.717, 1.165) is 18.4 Å². The molecule has 3 aliphatic rings. The van der Waals surface area contributed by atoms with Crippen LogP contribution in [0.1, 0.15) is 55.5 Å². The summed E-state index contributed by atoms with van der Waals surface area (Å²) >= 11 is 0. The topological polar surface area (TPSA) is 75.7 Å². The molecule has 2 unspecified atom stereocenters. The Bertz CT molecular complexity index is 879. The number of carbonyl (C=O) groups excluding carboxylic acids is 1. The lowest BCUT2D eigenvalue weighted by atomic mass is 9.97. The summed E-state index contributed by atoms with van der Waals surface area (Å²) in [5.41, 5.74) is 0.682. The summed E-state index contributed by atoms with van der Waals surface area (Å²) in [6.45, 7) is 3.90. The first-order valence-electron chi connectivity index (χ1n) is 9.62. The summed E-state index contributed by atoms with van der Waals surface area (Å²) in [5.74, 6) is 0.296. The quantitative estimate of drug-likeness (QED) is 0.853. The SMILES string of the molecule is CN1C2CCC1CC(NC(=O)c1cc(S(C)(=O)=O)cc3c1OC(C)(C)C3)C2. The van der Waals surface area contributed by atoms with Gasteiger partial charge in [-0.25, -0.2) is 8.42 Å². The molecule has 1 N–H and O–H groups in total. The second-order valence-electron chi connectivity index (χ2n) is 8.96. The highest BCUT2D eigenvalue weighted by Gasteiger charge is 2.40. The van der Waals surface area contributed by atoms with Crippen LogP contribution >= 0.6 is 0 Å². The molecule has 2 atom stereocenters. The lowest BCUT2D eigenvalue weighted by Gasteiger charge is -2.36. The molecule has 0 aromatic heterocycles. The Morgan fingerprint density at radius 1 is 1.22 bits per heavy atom. The van der Waals surface area contributed by atoms with Crippen molar-refractivity contribution in [3.63, 3.8) is 0 Å². The van der Waals surface area contributed by atoms with Crippen LogP contribution in [0, 0.1) is 0 Å². The van der Waals surface area contributed by atoms with Crippen LogP contribution in [0.4, 0.5) is 0 Å². The minimum atomic E-state index is -3.41. The number of sulfone groups is 1. The highest BCUT2D eigenvalue weighted by molar-refractivity contribution is 7.90. The van der Waals surface area contributed by atoms with E-state index in [1.165, 1.54) is 25.2 Å². The molecule has 6 nitrogen and oxygen atoms in total. The van der Waals surface area contributed by atoms with Crippen molar-refractivity contribution in [2.45, 2.75) is 74.6 Å². The fraction of sp³-hybridized carbons (Fsp3) is 0.650. The molecule has 0 spiro atoms. The first-order chi connectivity index (χ1) is 12.5. The van der Waals surface area contributed by atoms with Crippen molar-refractivity contribution in [1.82, 2.24) is 10.2 Å². The molecule has 0 saturated carbocycles. The molecule has 7 heteroatoms. The molecular formula is C20H28N2O4S. The number of carbonyl (C=O) groups is 1. The maximum absolute atomic E-state index is 13.1. The number of nitrogens with zero attached hydrogens (tertiary/aromatic N) is 1. The molecule has 0 aliphatic carbocycles. The fourth-order valence-corrected chi connectivity index (χ4v) is 5.55. The van der Waals surface area contributed by atoms with Gasteiger partial charge in [-0.15, -0.1) is 0 Å². The van der Waals surface area contributed by atoms with Crippen LogP contribution in [-0.4, -0.2) is 56.3 Å². The number of nitrogens with one attached hydrogen (secondary N) is 1. The number of ether oxygens (including phenoxy) is 1. The Morgan fingerprint density at radius 2 is 1.85 bits per heavy atom. The molecule has 4 rings (SSSR count). The first-order valence-corrected chi connectivity index (χ1v) is 11.5. The number of piperidine rings is 1. The van der Waals surface area contributed by atoms with Gasteiger partial charge in [0, 0.05) is 36.4 Å². The summed E-state index contributed by atoms with van der Waals surface area (Å²) in [6, 6.07) is 4.29. The monoisotopic (exact) mass is 392 g/mol. The molecule has 0 radical (unpaired) electrons. The van der Waals surface area contributed by atoms with Crippen LogP contribution in [0.5, 0.6) is 5.75 Å². The largest absolute Gasteiger partial charge is 0.486 e. The highest BCUT2D eigenvalue weighted by Crippen LogP contribution is 2.40. The predicted molar refractivity (Wildman–Crippen MR) is 103 cm³/mol. The predicted octanol–water partition coefficient (Wildman–Crippen LogP) is 2.16. The number of fused-ring (bicyclic) bond motifs is 3. The highest BCUT2D eigenvalue weighted by atomic mass is 32.2. The van der Waals surface area contributed by atoms with Gasteiger partial charge in [-0.05, 0) is 58.7 Å². The molecule has 1 amide bonds. The van der Waals surface area contributed by atoms with E-state index in [1.54, 1.807) is 6.07 Å². The van der Waals surface area contributed by atoms with Crippen LogP contribution in [0.3, 0.4) is 0 Å². The van der Waals surface area contributed by atoms with E-state index in [2.05, 4.69) is 17.3 Å². The van der Waals surface area contributed by atoms with Crippen LogP contribution in [0.25, 0.3) is 0 Å². The van der Waals surface area contributed by atoms with Crippen molar-refractivity contribution in [3.05, 3.63) is 23.3 Å². The number of hydrogen-bond donors (Lipinski definition) is 1. The van der Waals surface area contributed by atoms with Gasteiger partial charge < -0.3 is 15.0 Å². The first kappa shape index (κ1) is 18.7. The van der Waals surface area contributed by atoms with Crippen molar-refractivity contribution in [2.24, 2.45) is 0 Å². The van der Waals surface area contributed by atoms with Crippen molar-refractivity contribution in [3.8, 4) is 5.75 Å². The Hall–Kier alpha value is -1.60.